The van der Waals surface area contributed by atoms with Crippen LogP contribution in [0.2, 0.25) is 0 Å². The topological polar surface area (TPSA) is 82.0 Å². The van der Waals surface area contributed by atoms with Crippen LogP contribution in [0.3, 0.4) is 0 Å². The summed E-state index contributed by atoms with van der Waals surface area (Å²) in [6.45, 7) is 1.83. The van der Waals surface area contributed by atoms with Crippen LogP contribution < -0.4 is 14.8 Å². The average Bonchev–Trinajstić information content (AvgIpc) is 3.30. The SMILES string of the molecule is COC(=O)Nc1ccc2c(c1)OC(=Cc1cn(CCCN(C)C)c3ccc(OC)cc13)C2=O. The molecule has 3 aromatic rings. The standard InChI is InChI=1S/C25H27N3O5/c1-27(2)10-5-11-28-15-16(20-14-18(31-3)7-9-21(20)28)12-23-24(29)19-8-6-17(13-22(19)33-23)26-25(30)32-4/h6-9,12-15H,5,10-11H2,1-4H3,(H,26,30). The summed E-state index contributed by atoms with van der Waals surface area (Å²) in [6, 6.07) is 10.8. The van der Waals surface area contributed by atoms with Crippen molar-refractivity contribution < 1.29 is 23.8 Å². The number of hydrogen-bond acceptors (Lipinski definition) is 6. The molecule has 33 heavy (non-hydrogen) atoms. The first kappa shape index (κ1) is 22.4. The summed E-state index contributed by atoms with van der Waals surface area (Å²) in [5.74, 6) is 1.17. The molecule has 0 saturated heterocycles. The Morgan fingerprint density at radius 1 is 1.18 bits per heavy atom. The van der Waals surface area contributed by atoms with Crippen molar-refractivity contribution in [2.24, 2.45) is 0 Å². The van der Waals surface area contributed by atoms with E-state index in [4.69, 9.17) is 9.47 Å². The second kappa shape index (κ2) is 9.38. The van der Waals surface area contributed by atoms with Gasteiger partial charge in [-0.1, -0.05) is 0 Å². The van der Waals surface area contributed by atoms with Gasteiger partial charge in [-0.15, -0.1) is 0 Å². The van der Waals surface area contributed by atoms with Gasteiger partial charge in [0.25, 0.3) is 0 Å². The van der Waals surface area contributed by atoms with E-state index in [9.17, 15) is 9.59 Å². The van der Waals surface area contributed by atoms with E-state index in [0.717, 1.165) is 41.7 Å². The number of rotatable bonds is 7. The van der Waals surface area contributed by atoms with Crippen LogP contribution in [0, 0.1) is 0 Å². The Hall–Kier alpha value is -3.78. The molecule has 4 rings (SSSR count). The number of hydrogen-bond donors (Lipinski definition) is 1. The lowest BCUT2D eigenvalue weighted by atomic mass is 10.1. The molecule has 2 aromatic carbocycles. The Kier molecular flexibility index (Phi) is 6.37. The molecule has 0 fully saturated rings. The second-order valence-electron chi connectivity index (χ2n) is 8.09. The van der Waals surface area contributed by atoms with E-state index in [0.29, 0.717) is 17.0 Å². The highest BCUT2D eigenvalue weighted by atomic mass is 16.5. The Balaban J connectivity index is 1.67. The maximum Gasteiger partial charge on any atom is 0.411 e. The molecule has 0 spiro atoms. The number of allylic oxidation sites excluding steroid dienone is 1. The van der Waals surface area contributed by atoms with Crippen LogP contribution in [-0.2, 0) is 11.3 Å². The molecule has 1 aliphatic heterocycles. The Bertz CT molecular complexity index is 1240. The van der Waals surface area contributed by atoms with E-state index >= 15 is 0 Å². The Labute approximate surface area is 192 Å². The maximum absolute atomic E-state index is 13.0. The van der Waals surface area contributed by atoms with E-state index in [1.165, 1.54) is 7.11 Å². The fourth-order valence-electron chi connectivity index (χ4n) is 3.86. The van der Waals surface area contributed by atoms with Gasteiger partial charge in [-0.05, 0) is 63.5 Å². The summed E-state index contributed by atoms with van der Waals surface area (Å²) in [7, 11) is 7.03. The van der Waals surface area contributed by atoms with Gasteiger partial charge >= 0.3 is 6.09 Å². The molecular weight excluding hydrogens is 422 g/mol. The fraction of sp³-hybridized carbons (Fsp3) is 0.280. The van der Waals surface area contributed by atoms with Crippen molar-refractivity contribution in [3.8, 4) is 11.5 Å². The van der Waals surface area contributed by atoms with Crippen molar-refractivity contribution in [2.45, 2.75) is 13.0 Å². The van der Waals surface area contributed by atoms with E-state index < -0.39 is 6.09 Å². The van der Waals surface area contributed by atoms with Crippen LogP contribution >= 0.6 is 0 Å². The van der Waals surface area contributed by atoms with Crippen LogP contribution in [0.15, 0.2) is 48.4 Å². The number of ketones is 1. The van der Waals surface area contributed by atoms with Gasteiger partial charge in [0.15, 0.2) is 5.76 Å². The molecule has 172 valence electrons. The normalized spacial score (nSPS) is 14.0. The van der Waals surface area contributed by atoms with Crippen molar-refractivity contribution in [3.63, 3.8) is 0 Å². The number of nitrogens with one attached hydrogen (secondary N) is 1. The molecule has 0 bridgehead atoms. The van der Waals surface area contributed by atoms with Crippen LogP contribution in [0.4, 0.5) is 10.5 Å². The van der Waals surface area contributed by atoms with Gasteiger partial charge < -0.3 is 23.7 Å². The molecule has 0 saturated carbocycles. The zero-order valence-electron chi connectivity index (χ0n) is 19.2. The van der Waals surface area contributed by atoms with Crippen LogP contribution in [0.5, 0.6) is 11.5 Å². The quantitative estimate of drug-likeness (QED) is 0.539. The van der Waals surface area contributed by atoms with Crippen LogP contribution in [0.25, 0.3) is 17.0 Å². The first-order valence-corrected chi connectivity index (χ1v) is 10.6. The molecule has 0 aliphatic carbocycles. The highest BCUT2D eigenvalue weighted by Gasteiger charge is 2.28. The number of Topliss-reactive ketones (excluding diaryl/α,β-unsaturated/α-hetero) is 1. The molecule has 1 aromatic heterocycles. The zero-order chi connectivity index (χ0) is 23.5. The lowest BCUT2D eigenvalue weighted by Crippen LogP contribution is -2.14. The van der Waals surface area contributed by atoms with Gasteiger partial charge in [0.05, 0.1) is 19.8 Å². The number of benzene rings is 2. The summed E-state index contributed by atoms with van der Waals surface area (Å²) >= 11 is 0. The minimum atomic E-state index is -0.592. The fourth-order valence-corrected chi connectivity index (χ4v) is 3.86. The van der Waals surface area contributed by atoms with Gasteiger partial charge in [-0.3, -0.25) is 10.1 Å². The number of carbonyl (C=O) groups is 2. The predicted octanol–water partition coefficient (Wildman–Crippen LogP) is 4.40. The molecule has 8 nitrogen and oxygen atoms in total. The molecule has 0 radical (unpaired) electrons. The third-order valence-electron chi connectivity index (χ3n) is 5.51. The zero-order valence-corrected chi connectivity index (χ0v) is 19.2. The third-order valence-corrected chi connectivity index (χ3v) is 5.51. The summed E-state index contributed by atoms with van der Waals surface area (Å²) in [4.78, 5) is 26.6. The van der Waals surface area contributed by atoms with Crippen molar-refractivity contribution >= 4 is 34.5 Å². The van der Waals surface area contributed by atoms with Gasteiger partial charge in [-0.25, -0.2) is 4.79 Å². The summed E-state index contributed by atoms with van der Waals surface area (Å²) < 4.78 is 18.1. The Morgan fingerprint density at radius 3 is 2.73 bits per heavy atom. The van der Waals surface area contributed by atoms with Gasteiger partial charge in [0, 0.05) is 41.0 Å². The number of nitrogens with zero attached hydrogens (tertiary/aromatic N) is 2. The molecule has 0 atom stereocenters. The predicted molar refractivity (Wildman–Crippen MR) is 127 cm³/mol. The average molecular weight is 450 g/mol. The number of fused-ring (bicyclic) bond motifs is 2. The number of methoxy groups -OCH3 is 2. The minimum absolute atomic E-state index is 0.203. The first-order valence-electron chi connectivity index (χ1n) is 10.6. The van der Waals surface area contributed by atoms with Gasteiger partial charge in [-0.2, -0.15) is 0 Å². The first-order chi connectivity index (χ1) is 15.9. The van der Waals surface area contributed by atoms with E-state index in [2.05, 4.69) is 33.6 Å². The highest BCUT2D eigenvalue weighted by molar-refractivity contribution is 6.15. The molecule has 1 N–H and O–H groups in total. The maximum atomic E-state index is 13.0. The monoisotopic (exact) mass is 449 g/mol. The van der Waals surface area contributed by atoms with Crippen LogP contribution in [0.1, 0.15) is 22.3 Å². The molecule has 0 unspecified atom stereocenters. The summed E-state index contributed by atoms with van der Waals surface area (Å²) in [5.41, 5.74) is 2.87. The molecule has 1 aliphatic rings. The van der Waals surface area contributed by atoms with Gasteiger partial charge in [0.2, 0.25) is 5.78 Å². The number of anilines is 1. The molecule has 1 amide bonds. The molecule has 2 heterocycles. The number of aromatic nitrogens is 1. The van der Waals surface area contributed by atoms with Crippen LogP contribution in [-0.4, -0.2) is 56.2 Å². The smallest absolute Gasteiger partial charge is 0.411 e. The lowest BCUT2D eigenvalue weighted by Gasteiger charge is -2.10. The highest BCUT2D eigenvalue weighted by Crippen LogP contribution is 2.35. The van der Waals surface area contributed by atoms with Crippen molar-refractivity contribution in [1.29, 1.82) is 0 Å². The van der Waals surface area contributed by atoms with Crippen molar-refractivity contribution in [1.82, 2.24) is 9.47 Å². The number of aryl methyl sites for hydroxylation is 1. The number of carbonyl (C=O) groups excluding carboxylic acids is 2. The van der Waals surface area contributed by atoms with E-state index in [1.54, 1.807) is 31.4 Å². The molecular formula is C25H27N3O5. The number of amides is 1. The van der Waals surface area contributed by atoms with Crippen molar-refractivity contribution in [3.05, 3.63) is 59.5 Å². The largest absolute Gasteiger partial charge is 0.497 e. The molecule has 8 heteroatoms. The minimum Gasteiger partial charge on any atom is -0.497 e. The Morgan fingerprint density at radius 2 is 2.00 bits per heavy atom. The van der Waals surface area contributed by atoms with Gasteiger partial charge in [0.1, 0.15) is 11.5 Å². The number of ether oxygens (including phenoxy) is 3. The van der Waals surface area contributed by atoms with E-state index in [-0.39, 0.29) is 11.5 Å². The summed E-state index contributed by atoms with van der Waals surface area (Å²) in [5, 5.41) is 3.55. The third kappa shape index (κ3) is 4.70. The van der Waals surface area contributed by atoms with E-state index in [1.807, 2.05) is 24.4 Å². The lowest BCUT2D eigenvalue weighted by molar-refractivity contribution is 0.101. The summed E-state index contributed by atoms with van der Waals surface area (Å²) in [6.07, 6.45) is 4.21. The van der Waals surface area contributed by atoms with Crippen molar-refractivity contribution in [2.75, 3.05) is 40.2 Å². The second-order valence-corrected chi connectivity index (χ2v) is 8.09.